The van der Waals surface area contributed by atoms with Gasteiger partial charge in [0.25, 0.3) is 5.91 Å². The number of anilines is 1. The molecule has 0 saturated carbocycles. The first-order chi connectivity index (χ1) is 12.1. The van der Waals surface area contributed by atoms with Crippen LogP contribution in [0.25, 0.3) is 0 Å². The number of para-hydroxylation sites is 1. The van der Waals surface area contributed by atoms with Gasteiger partial charge in [0, 0.05) is 25.3 Å². The van der Waals surface area contributed by atoms with E-state index in [0.29, 0.717) is 30.9 Å². The first-order valence-corrected chi connectivity index (χ1v) is 8.64. The summed E-state index contributed by atoms with van der Waals surface area (Å²) in [5.74, 6) is -0.693. The normalized spacial score (nSPS) is 18.5. The molecule has 138 valence electrons. The molecule has 0 spiro atoms. The molecular weight excluding hydrogens is 324 g/mol. The molecule has 7 heteroatoms. The van der Waals surface area contributed by atoms with Gasteiger partial charge in [0.15, 0.2) is 0 Å². The van der Waals surface area contributed by atoms with Crippen molar-refractivity contribution in [2.24, 2.45) is 5.92 Å². The number of aliphatic hydroxyl groups is 2. The Labute approximate surface area is 147 Å². The number of piperidine rings is 1. The predicted molar refractivity (Wildman–Crippen MR) is 93.3 cm³/mol. The first kappa shape index (κ1) is 19.2. The van der Waals surface area contributed by atoms with E-state index >= 15 is 0 Å². The van der Waals surface area contributed by atoms with E-state index < -0.39 is 6.10 Å². The largest absolute Gasteiger partial charge is 0.466 e. The summed E-state index contributed by atoms with van der Waals surface area (Å²) in [6.07, 6.45) is 0.588. The monoisotopic (exact) mass is 350 g/mol. The van der Waals surface area contributed by atoms with E-state index in [-0.39, 0.29) is 30.9 Å². The zero-order valence-corrected chi connectivity index (χ0v) is 14.5. The summed E-state index contributed by atoms with van der Waals surface area (Å²) < 4.78 is 5.08. The number of benzene rings is 1. The molecule has 1 saturated heterocycles. The summed E-state index contributed by atoms with van der Waals surface area (Å²) in [4.78, 5) is 26.5. The van der Waals surface area contributed by atoms with Gasteiger partial charge in [-0.05, 0) is 31.9 Å². The Hall–Kier alpha value is -2.12. The van der Waals surface area contributed by atoms with Crippen molar-refractivity contribution in [2.75, 3.05) is 38.2 Å². The van der Waals surface area contributed by atoms with Gasteiger partial charge in [-0.1, -0.05) is 12.1 Å². The van der Waals surface area contributed by atoms with Crippen molar-refractivity contribution >= 4 is 17.6 Å². The fourth-order valence-electron chi connectivity index (χ4n) is 2.90. The third-order valence-electron chi connectivity index (χ3n) is 4.22. The van der Waals surface area contributed by atoms with Crippen molar-refractivity contribution in [3.8, 4) is 0 Å². The molecule has 1 aliphatic rings. The van der Waals surface area contributed by atoms with Crippen LogP contribution in [-0.4, -0.2) is 65.9 Å². The van der Waals surface area contributed by atoms with E-state index in [1.165, 1.54) is 0 Å². The smallest absolute Gasteiger partial charge is 0.310 e. The zero-order valence-electron chi connectivity index (χ0n) is 14.5. The lowest BCUT2D eigenvalue weighted by Crippen LogP contribution is -2.43. The Kier molecular flexibility index (Phi) is 7.21. The summed E-state index contributed by atoms with van der Waals surface area (Å²) in [6, 6.07) is 7.03. The highest BCUT2D eigenvalue weighted by Gasteiger charge is 2.30. The highest BCUT2D eigenvalue weighted by molar-refractivity contribution is 5.99. The molecule has 2 rings (SSSR count). The van der Waals surface area contributed by atoms with Crippen molar-refractivity contribution < 1.29 is 24.5 Å². The minimum absolute atomic E-state index is 0.145. The molecule has 0 aliphatic carbocycles. The number of esters is 1. The molecule has 2 atom stereocenters. The van der Waals surface area contributed by atoms with Gasteiger partial charge in [-0.2, -0.15) is 0 Å². The van der Waals surface area contributed by atoms with Crippen LogP contribution in [0, 0.1) is 5.92 Å². The lowest BCUT2D eigenvalue weighted by molar-refractivity contribution is -0.149. The molecule has 0 bridgehead atoms. The third-order valence-corrected chi connectivity index (χ3v) is 4.22. The maximum Gasteiger partial charge on any atom is 0.310 e. The number of nitrogens with one attached hydrogen (secondary N) is 1. The second-order valence-electron chi connectivity index (χ2n) is 6.11. The highest BCUT2D eigenvalue weighted by atomic mass is 16.5. The Morgan fingerprint density at radius 2 is 2.16 bits per heavy atom. The molecular formula is C18H26N2O5. The topological polar surface area (TPSA) is 99.1 Å². The molecule has 1 aromatic carbocycles. The fraction of sp³-hybridized carbons (Fsp3) is 0.556. The number of nitrogens with zero attached hydrogens (tertiary/aromatic N) is 1. The number of aliphatic hydroxyl groups excluding tert-OH is 2. The van der Waals surface area contributed by atoms with E-state index in [2.05, 4.69) is 5.32 Å². The second-order valence-corrected chi connectivity index (χ2v) is 6.11. The van der Waals surface area contributed by atoms with Crippen LogP contribution >= 0.6 is 0 Å². The molecule has 1 amide bonds. The van der Waals surface area contributed by atoms with Crippen LogP contribution in [0.1, 0.15) is 30.1 Å². The van der Waals surface area contributed by atoms with E-state index in [4.69, 9.17) is 9.84 Å². The van der Waals surface area contributed by atoms with Gasteiger partial charge in [-0.3, -0.25) is 9.59 Å². The van der Waals surface area contributed by atoms with E-state index in [9.17, 15) is 14.7 Å². The van der Waals surface area contributed by atoms with Crippen LogP contribution in [0.15, 0.2) is 24.3 Å². The summed E-state index contributed by atoms with van der Waals surface area (Å²) >= 11 is 0. The average Bonchev–Trinajstić information content (AvgIpc) is 2.66. The summed E-state index contributed by atoms with van der Waals surface area (Å²) in [5, 5.41) is 21.4. The van der Waals surface area contributed by atoms with Gasteiger partial charge >= 0.3 is 5.97 Å². The molecule has 0 radical (unpaired) electrons. The number of carbonyl (C=O) groups is 2. The van der Waals surface area contributed by atoms with Crippen LogP contribution in [-0.2, 0) is 9.53 Å². The Morgan fingerprint density at radius 1 is 1.40 bits per heavy atom. The van der Waals surface area contributed by atoms with Crippen LogP contribution in [0.2, 0.25) is 0 Å². The Bertz CT molecular complexity index is 593. The van der Waals surface area contributed by atoms with Gasteiger partial charge in [-0.15, -0.1) is 0 Å². The van der Waals surface area contributed by atoms with Gasteiger partial charge in [0.2, 0.25) is 0 Å². The summed E-state index contributed by atoms with van der Waals surface area (Å²) in [5.41, 5.74) is 1.08. The number of hydrogen-bond acceptors (Lipinski definition) is 6. The molecule has 1 fully saturated rings. The Balaban J connectivity index is 2.08. The molecule has 1 aromatic rings. The summed E-state index contributed by atoms with van der Waals surface area (Å²) in [6.45, 7) is 2.85. The molecule has 2 unspecified atom stereocenters. The molecule has 1 heterocycles. The van der Waals surface area contributed by atoms with E-state index in [1.807, 2.05) is 0 Å². The van der Waals surface area contributed by atoms with E-state index in [0.717, 1.165) is 12.8 Å². The fourth-order valence-corrected chi connectivity index (χ4v) is 2.90. The van der Waals surface area contributed by atoms with Crippen LogP contribution < -0.4 is 5.32 Å². The van der Waals surface area contributed by atoms with Crippen LogP contribution in [0.3, 0.4) is 0 Å². The first-order valence-electron chi connectivity index (χ1n) is 8.64. The molecule has 25 heavy (non-hydrogen) atoms. The number of amides is 1. The third kappa shape index (κ3) is 5.17. The number of carbonyl (C=O) groups excluding carboxylic acids is 2. The van der Waals surface area contributed by atoms with Gasteiger partial charge in [-0.25, -0.2) is 0 Å². The van der Waals surface area contributed by atoms with Crippen molar-refractivity contribution in [2.45, 2.75) is 25.9 Å². The van der Waals surface area contributed by atoms with Crippen LogP contribution in [0.4, 0.5) is 5.69 Å². The predicted octanol–water partition coefficient (Wildman–Crippen LogP) is 0.867. The lowest BCUT2D eigenvalue weighted by atomic mass is 9.97. The van der Waals surface area contributed by atoms with E-state index in [1.54, 1.807) is 36.1 Å². The number of hydrogen-bond donors (Lipinski definition) is 3. The standard InChI is InChI=1S/C18H26N2O5/c1-2-25-18(24)13-6-5-9-20(11-13)17(23)15-7-3-4-8-16(15)19-10-14(22)12-21/h3-4,7-8,13-14,19,21-22H,2,5-6,9-12H2,1H3. The number of rotatable bonds is 7. The van der Waals surface area contributed by atoms with Gasteiger partial charge in [0.1, 0.15) is 0 Å². The SMILES string of the molecule is CCOC(=O)C1CCCN(C(=O)c2ccccc2NCC(O)CO)C1. The maximum atomic E-state index is 12.9. The molecule has 1 aliphatic heterocycles. The van der Waals surface area contributed by atoms with Crippen molar-refractivity contribution in [3.63, 3.8) is 0 Å². The lowest BCUT2D eigenvalue weighted by Gasteiger charge is -2.32. The van der Waals surface area contributed by atoms with Crippen molar-refractivity contribution in [1.29, 1.82) is 0 Å². The summed E-state index contributed by atoms with van der Waals surface area (Å²) in [7, 11) is 0. The highest BCUT2D eigenvalue weighted by Crippen LogP contribution is 2.23. The van der Waals surface area contributed by atoms with Gasteiger partial charge in [0.05, 0.1) is 30.8 Å². The van der Waals surface area contributed by atoms with Crippen molar-refractivity contribution in [1.82, 2.24) is 4.90 Å². The molecule has 3 N–H and O–H groups in total. The minimum Gasteiger partial charge on any atom is -0.466 e. The second kappa shape index (κ2) is 9.39. The Morgan fingerprint density at radius 3 is 2.88 bits per heavy atom. The minimum atomic E-state index is -0.897. The zero-order chi connectivity index (χ0) is 18.2. The molecule has 7 nitrogen and oxygen atoms in total. The maximum absolute atomic E-state index is 12.9. The molecule has 0 aromatic heterocycles. The number of likely N-dealkylation sites (tertiary alicyclic amines) is 1. The van der Waals surface area contributed by atoms with Crippen molar-refractivity contribution in [3.05, 3.63) is 29.8 Å². The number of ether oxygens (including phenoxy) is 1. The average molecular weight is 350 g/mol. The van der Waals surface area contributed by atoms with Crippen LogP contribution in [0.5, 0.6) is 0 Å². The quantitative estimate of drug-likeness (QED) is 0.631. The van der Waals surface area contributed by atoms with Gasteiger partial charge < -0.3 is 25.2 Å².